The van der Waals surface area contributed by atoms with Crippen molar-refractivity contribution in [3.8, 4) is 5.88 Å². The fraction of sp³-hybridized carbons (Fsp3) is 0.364. The molecule has 144 valence electrons. The molecule has 0 bridgehead atoms. The van der Waals surface area contributed by atoms with E-state index < -0.39 is 5.91 Å². The van der Waals surface area contributed by atoms with Gasteiger partial charge in [-0.3, -0.25) is 4.79 Å². The lowest BCUT2D eigenvalue weighted by Gasteiger charge is -2.06. The number of halogens is 1. The summed E-state index contributed by atoms with van der Waals surface area (Å²) in [5.41, 5.74) is 5.99. The van der Waals surface area contributed by atoms with Crippen LogP contribution in [0.3, 0.4) is 0 Å². The summed E-state index contributed by atoms with van der Waals surface area (Å²) in [5.74, 6) is 0.247. The standard InChI is InChI=1S/C22H27ClN2O2/c1-17(13-21(24)26)9-7-5-3-2-4-6-8-12-27-22-15-19-14-20(23)11-10-18(19)16-25-22/h7,9-11,13-16H,2-6,8,12H2,1H3,(H2,24,26). The summed E-state index contributed by atoms with van der Waals surface area (Å²) in [4.78, 5) is 15.1. The van der Waals surface area contributed by atoms with Crippen molar-refractivity contribution in [1.29, 1.82) is 0 Å². The summed E-state index contributed by atoms with van der Waals surface area (Å²) in [7, 11) is 0. The molecule has 0 fully saturated rings. The van der Waals surface area contributed by atoms with Crippen molar-refractivity contribution in [3.63, 3.8) is 0 Å². The van der Waals surface area contributed by atoms with Gasteiger partial charge in [0.25, 0.3) is 0 Å². The second-order valence-corrected chi connectivity index (χ2v) is 7.05. The maximum absolute atomic E-state index is 10.7. The maximum Gasteiger partial charge on any atom is 0.241 e. The van der Waals surface area contributed by atoms with Crippen molar-refractivity contribution in [3.05, 3.63) is 59.3 Å². The number of pyridine rings is 1. The third kappa shape index (κ3) is 8.27. The third-order valence-corrected chi connectivity index (χ3v) is 4.41. The van der Waals surface area contributed by atoms with E-state index in [9.17, 15) is 4.79 Å². The lowest BCUT2D eigenvalue weighted by molar-refractivity contribution is -0.113. The van der Waals surface area contributed by atoms with Crippen LogP contribution in [0.25, 0.3) is 10.8 Å². The van der Waals surface area contributed by atoms with Crippen molar-refractivity contribution >= 4 is 28.3 Å². The number of nitrogens with two attached hydrogens (primary N) is 1. The molecule has 27 heavy (non-hydrogen) atoms. The molecule has 0 saturated carbocycles. The van der Waals surface area contributed by atoms with Crippen LogP contribution in [0.5, 0.6) is 5.88 Å². The van der Waals surface area contributed by atoms with Crippen molar-refractivity contribution in [1.82, 2.24) is 4.98 Å². The van der Waals surface area contributed by atoms with E-state index >= 15 is 0 Å². The van der Waals surface area contributed by atoms with Crippen LogP contribution in [-0.2, 0) is 4.79 Å². The second kappa shape index (κ2) is 11.4. The average molecular weight is 387 g/mol. The van der Waals surface area contributed by atoms with E-state index in [2.05, 4.69) is 11.1 Å². The SMILES string of the molecule is CC(C=CCCCCCCCOc1cc2cc(Cl)ccc2cn1)=CC(N)=O. The number of fused-ring (bicyclic) bond motifs is 1. The van der Waals surface area contributed by atoms with E-state index in [4.69, 9.17) is 22.1 Å². The molecule has 5 heteroatoms. The first-order valence-corrected chi connectivity index (χ1v) is 9.75. The first-order chi connectivity index (χ1) is 13.0. The summed E-state index contributed by atoms with van der Waals surface area (Å²) in [6.45, 7) is 2.55. The largest absolute Gasteiger partial charge is 0.478 e. The minimum absolute atomic E-state index is 0.401. The number of primary amides is 1. The van der Waals surface area contributed by atoms with Gasteiger partial charge in [-0.2, -0.15) is 0 Å². The third-order valence-electron chi connectivity index (χ3n) is 4.17. The number of carbonyl (C=O) groups excluding carboxylic acids is 1. The highest BCUT2D eigenvalue weighted by Crippen LogP contribution is 2.22. The molecule has 0 radical (unpaired) electrons. The van der Waals surface area contributed by atoms with Gasteiger partial charge in [0, 0.05) is 28.7 Å². The lowest BCUT2D eigenvalue weighted by Crippen LogP contribution is -2.06. The number of allylic oxidation sites excluding steroid dienone is 3. The van der Waals surface area contributed by atoms with Gasteiger partial charge in [-0.05, 0) is 49.3 Å². The molecule has 1 aromatic carbocycles. The average Bonchev–Trinajstić information content (AvgIpc) is 2.62. The molecule has 0 unspecified atom stereocenters. The highest BCUT2D eigenvalue weighted by atomic mass is 35.5. The quantitative estimate of drug-likeness (QED) is 0.310. The number of nitrogens with zero attached hydrogens (tertiary/aromatic N) is 1. The summed E-state index contributed by atoms with van der Waals surface area (Å²) in [6.07, 6.45) is 14.0. The molecule has 2 N–H and O–H groups in total. The van der Waals surface area contributed by atoms with E-state index in [0.717, 1.165) is 42.0 Å². The summed E-state index contributed by atoms with van der Waals surface area (Å²) < 4.78 is 5.75. The van der Waals surface area contributed by atoms with E-state index in [-0.39, 0.29) is 0 Å². The predicted molar refractivity (Wildman–Crippen MR) is 112 cm³/mol. The fourth-order valence-corrected chi connectivity index (χ4v) is 2.96. The van der Waals surface area contributed by atoms with Crippen LogP contribution >= 0.6 is 11.6 Å². The Kier molecular flexibility index (Phi) is 8.85. The Balaban J connectivity index is 1.56. The van der Waals surface area contributed by atoms with Crippen molar-refractivity contribution < 1.29 is 9.53 Å². The van der Waals surface area contributed by atoms with Crippen LogP contribution in [0.2, 0.25) is 5.02 Å². The zero-order chi connectivity index (χ0) is 19.5. The smallest absolute Gasteiger partial charge is 0.241 e. The Hall–Kier alpha value is -2.33. The van der Waals surface area contributed by atoms with Crippen molar-refractivity contribution in [2.24, 2.45) is 5.73 Å². The van der Waals surface area contributed by atoms with E-state index in [1.165, 1.54) is 18.9 Å². The number of aromatic nitrogens is 1. The zero-order valence-electron chi connectivity index (χ0n) is 15.8. The molecule has 0 atom stereocenters. The highest BCUT2D eigenvalue weighted by Gasteiger charge is 2.00. The summed E-state index contributed by atoms with van der Waals surface area (Å²) in [5, 5.41) is 2.82. The Morgan fingerprint density at radius 1 is 1.15 bits per heavy atom. The first-order valence-electron chi connectivity index (χ1n) is 9.37. The van der Waals surface area contributed by atoms with Crippen LogP contribution in [0, 0.1) is 0 Å². The van der Waals surface area contributed by atoms with Gasteiger partial charge < -0.3 is 10.5 Å². The highest BCUT2D eigenvalue weighted by molar-refractivity contribution is 6.31. The Bertz CT molecular complexity index is 815. The number of hydrogen-bond donors (Lipinski definition) is 1. The molecule has 0 spiro atoms. The molecule has 2 rings (SSSR count). The Morgan fingerprint density at radius 2 is 1.93 bits per heavy atom. The zero-order valence-corrected chi connectivity index (χ0v) is 16.5. The fourth-order valence-electron chi connectivity index (χ4n) is 2.78. The number of benzene rings is 1. The van der Waals surface area contributed by atoms with Gasteiger partial charge in [-0.15, -0.1) is 0 Å². The molecule has 0 aliphatic heterocycles. The van der Waals surface area contributed by atoms with Crippen LogP contribution in [-0.4, -0.2) is 17.5 Å². The van der Waals surface area contributed by atoms with Crippen molar-refractivity contribution in [2.75, 3.05) is 6.61 Å². The van der Waals surface area contributed by atoms with Crippen LogP contribution in [0.1, 0.15) is 45.4 Å². The van der Waals surface area contributed by atoms with Gasteiger partial charge in [0.1, 0.15) is 0 Å². The number of rotatable bonds is 11. The number of unbranched alkanes of at least 4 members (excludes halogenated alkanes) is 5. The molecule has 1 heterocycles. The molecule has 2 aromatic rings. The van der Waals surface area contributed by atoms with Gasteiger partial charge in [-0.1, -0.05) is 49.1 Å². The van der Waals surface area contributed by atoms with Gasteiger partial charge in [0.05, 0.1) is 6.61 Å². The summed E-state index contributed by atoms with van der Waals surface area (Å²) >= 11 is 6.03. The van der Waals surface area contributed by atoms with Crippen LogP contribution in [0.15, 0.2) is 54.3 Å². The number of ether oxygens (including phenoxy) is 1. The number of amides is 1. The minimum atomic E-state index is -0.401. The van der Waals surface area contributed by atoms with E-state index in [1.54, 1.807) is 0 Å². The molecular formula is C22H27ClN2O2. The monoisotopic (exact) mass is 386 g/mol. The molecule has 4 nitrogen and oxygen atoms in total. The van der Waals surface area contributed by atoms with Crippen LogP contribution in [0.4, 0.5) is 0 Å². The molecule has 0 saturated heterocycles. The minimum Gasteiger partial charge on any atom is -0.478 e. The van der Waals surface area contributed by atoms with E-state index in [0.29, 0.717) is 17.5 Å². The van der Waals surface area contributed by atoms with Gasteiger partial charge in [-0.25, -0.2) is 4.98 Å². The Morgan fingerprint density at radius 3 is 2.74 bits per heavy atom. The molecule has 1 amide bonds. The molecule has 0 aliphatic carbocycles. The summed E-state index contributed by atoms with van der Waals surface area (Å²) in [6, 6.07) is 7.67. The first kappa shape index (κ1) is 21.0. The maximum atomic E-state index is 10.7. The van der Waals surface area contributed by atoms with Crippen LogP contribution < -0.4 is 10.5 Å². The topological polar surface area (TPSA) is 65.2 Å². The lowest BCUT2D eigenvalue weighted by atomic mass is 10.1. The molecule has 0 aliphatic rings. The predicted octanol–water partition coefficient (Wildman–Crippen LogP) is 5.60. The van der Waals surface area contributed by atoms with Gasteiger partial charge in [0.15, 0.2) is 0 Å². The van der Waals surface area contributed by atoms with Crippen molar-refractivity contribution in [2.45, 2.75) is 45.4 Å². The van der Waals surface area contributed by atoms with Gasteiger partial charge >= 0.3 is 0 Å². The number of hydrogen-bond acceptors (Lipinski definition) is 3. The normalized spacial score (nSPS) is 12.0. The Labute approximate surface area is 166 Å². The number of carbonyl (C=O) groups is 1. The molecule has 1 aromatic heterocycles. The second-order valence-electron chi connectivity index (χ2n) is 6.61. The van der Waals surface area contributed by atoms with E-state index in [1.807, 2.05) is 43.5 Å². The van der Waals surface area contributed by atoms with Gasteiger partial charge in [0.2, 0.25) is 11.8 Å². The molecular weight excluding hydrogens is 360 g/mol.